The van der Waals surface area contributed by atoms with E-state index in [-0.39, 0.29) is 0 Å². The third-order valence-corrected chi connectivity index (χ3v) is 2.27. The molecule has 0 N–H and O–H groups in total. The summed E-state index contributed by atoms with van der Waals surface area (Å²) >= 11 is 10.6. The van der Waals surface area contributed by atoms with Crippen molar-refractivity contribution in [1.29, 1.82) is 0 Å². The van der Waals surface area contributed by atoms with E-state index >= 15 is 0 Å². The lowest BCUT2D eigenvalue weighted by molar-refractivity contribution is 2.36. The van der Waals surface area contributed by atoms with E-state index in [0.717, 1.165) is 0 Å². The first-order chi connectivity index (χ1) is 2.27. The Kier molecular flexibility index (Phi) is 3.60. The van der Waals surface area contributed by atoms with Gasteiger partial charge in [-0.15, -0.1) is 0 Å². The van der Waals surface area contributed by atoms with Crippen molar-refractivity contribution >= 4 is 36.3 Å². The first kappa shape index (κ1) is 5.86. The third-order valence-electron chi connectivity index (χ3n) is 0.252. The molecule has 0 amide bonds. The van der Waals surface area contributed by atoms with Gasteiger partial charge in [0.1, 0.15) is 6.87 Å². The van der Waals surface area contributed by atoms with E-state index in [1.807, 2.05) is 13.7 Å². The molecule has 0 saturated heterocycles. The predicted molar refractivity (Wildman–Crippen MR) is 30.5 cm³/mol. The molecule has 0 unspecified atom stereocenters. The van der Waals surface area contributed by atoms with Gasteiger partial charge in [0.2, 0.25) is 0 Å². The maximum absolute atomic E-state index is 5.31. The zero-order chi connectivity index (χ0) is 4.28. The second-order valence-corrected chi connectivity index (χ2v) is 5.49. The molecule has 0 aliphatic rings. The summed E-state index contributed by atoms with van der Waals surface area (Å²) in [6, 6.07) is 0. The lowest BCUT2D eigenvalue weighted by atomic mass is 10.2. The van der Waals surface area contributed by atoms with Crippen LogP contribution in [0.15, 0.2) is 0 Å². The molecule has 0 aliphatic carbocycles. The number of hydrogen-bond donors (Lipinski definition) is 0. The van der Waals surface area contributed by atoms with Crippen molar-refractivity contribution < 1.29 is 0 Å². The van der Waals surface area contributed by atoms with Crippen LogP contribution in [0, 0.1) is 0 Å². The molecule has 0 heterocycles. The van der Waals surface area contributed by atoms with E-state index in [9.17, 15) is 0 Å². The predicted octanol–water partition coefficient (Wildman–Crippen LogP) is 0.933. The first-order valence-electron chi connectivity index (χ1n) is 1.35. The fourth-order valence-corrected chi connectivity index (χ4v) is 0. The van der Waals surface area contributed by atoms with E-state index in [2.05, 4.69) is 0 Å². The highest BCUT2D eigenvalue weighted by atomic mass is 35.7. The Labute approximate surface area is 43.7 Å². The average Bonchev–Trinajstić information content (AvgIpc) is 1.38. The lowest BCUT2D eigenvalue weighted by Crippen LogP contribution is -1.99. The van der Waals surface area contributed by atoms with Crippen LogP contribution >= 0.6 is 22.2 Å². The van der Waals surface area contributed by atoms with Crippen LogP contribution in [-0.4, -0.2) is 14.2 Å². The molecule has 0 aliphatic heterocycles. The van der Waals surface area contributed by atoms with Crippen molar-refractivity contribution in [3.8, 4) is 0 Å². The van der Waals surface area contributed by atoms with Crippen molar-refractivity contribution in [2.75, 3.05) is 0 Å². The molecule has 0 bridgehead atoms. The Bertz CT molecular complexity index is 23.6. The Balaban J connectivity index is 2.54. The van der Waals surface area contributed by atoms with E-state index < -0.39 is 7.29 Å². The summed E-state index contributed by atoms with van der Waals surface area (Å²) in [6.07, 6.45) is 0. The standard InChI is InChI=1S/CH4BCl2Si/c1-2-5(3)4/h5H,1H3. The summed E-state index contributed by atoms with van der Waals surface area (Å²) < 4.78 is 0. The van der Waals surface area contributed by atoms with Gasteiger partial charge in [-0.3, -0.25) is 0 Å². The van der Waals surface area contributed by atoms with Crippen LogP contribution in [0.25, 0.3) is 0 Å². The van der Waals surface area contributed by atoms with Gasteiger partial charge < -0.3 is 0 Å². The smallest absolute Gasteiger partial charge is 0.160 e. The first-order valence-corrected chi connectivity index (χ1v) is 5.51. The van der Waals surface area contributed by atoms with Gasteiger partial charge >= 0.3 is 0 Å². The summed E-state index contributed by atoms with van der Waals surface area (Å²) in [5, 5.41) is 0. The number of hydrogen-bond acceptors (Lipinski definition) is 0. The van der Waals surface area contributed by atoms with Gasteiger partial charge in [-0.25, -0.2) is 0 Å². The topological polar surface area (TPSA) is 0 Å². The monoisotopic (exact) mass is 125 g/mol. The van der Waals surface area contributed by atoms with Gasteiger partial charge in [-0.2, -0.15) is 22.2 Å². The summed E-state index contributed by atoms with van der Waals surface area (Å²) in [5.74, 6) is 0. The Hall–Kier alpha value is 0.862. The van der Waals surface area contributed by atoms with E-state index in [4.69, 9.17) is 22.2 Å². The Morgan fingerprint density at radius 2 is 1.80 bits per heavy atom. The zero-order valence-corrected chi connectivity index (χ0v) is 5.58. The summed E-state index contributed by atoms with van der Waals surface area (Å²) in [6.45, 7) is 3.71. The van der Waals surface area contributed by atoms with E-state index in [0.29, 0.717) is 0 Å². The van der Waals surface area contributed by atoms with Crippen LogP contribution in [-0.2, 0) is 0 Å². The van der Waals surface area contributed by atoms with Gasteiger partial charge in [0.15, 0.2) is 7.29 Å². The number of halogens is 2. The molecule has 4 heteroatoms. The minimum atomic E-state index is -1.33. The zero-order valence-electron chi connectivity index (χ0n) is 2.91. The molecule has 0 aromatic heterocycles. The summed E-state index contributed by atoms with van der Waals surface area (Å²) in [5.41, 5.74) is 0. The van der Waals surface area contributed by atoms with Crippen molar-refractivity contribution in [2.45, 2.75) is 6.82 Å². The molecule has 5 heavy (non-hydrogen) atoms. The van der Waals surface area contributed by atoms with Crippen LogP contribution in [0.3, 0.4) is 0 Å². The third kappa shape index (κ3) is 4.86. The molecule has 29 valence electrons. The molecule has 0 atom stereocenters. The lowest BCUT2D eigenvalue weighted by Gasteiger charge is -1.78. The Morgan fingerprint density at radius 1 is 1.60 bits per heavy atom. The SMILES string of the molecule is C[B][SiH](Cl)Cl. The molecule has 0 nitrogen and oxygen atoms in total. The molecule has 0 aromatic rings. The second-order valence-electron chi connectivity index (χ2n) is 0.668. The average molecular weight is 126 g/mol. The van der Waals surface area contributed by atoms with Crippen molar-refractivity contribution in [1.82, 2.24) is 0 Å². The maximum atomic E-state index is 5.31. The fraction of sp³-hybridized carbons (Fsp3) is 1.00. The van der Waals surface area contributed by atoms with Crippen LogP contribution in [0.4, 0.5) is 0 Å². The highest BCUT2D eigenvalue weighted by molar-refractivity contribution is 7.56. The second kappa shape index (κ2) is 3.07. The van der Waals surface area contributed by atoms with Gasteiger partial charge in [0.05, 0.1) is 0 Å². The number of rotatable bonds is 1. The van der Waals surface area contributed by atoms with E-state index in [1.54, 1.807) is 0 Å². The summed E-state index contributed by atoms with van der Waals surface area (Å²) in [7, 11) is -1.33. The minimum Gasteiger partial charge on any atom is -0.160 e. The molecule has 0 saturated carbocycles. The highest BCUT2D eigenvalue weighted by Gasteiger charge is 1.93. The van der Waals surface area contributed by atoms with Gasteiger partial charge in [-0.1, -0.05) is 6.82 Å². The van der Waals surface area contributed by atoms with Crippen LogP contribution in [0.5, 0.6) is 0 Å². The van der Waals surface area contributed by atoms with Gasteiger partial charge in [0, 0.05) is 0 Å². The molecular weight excluding hydrogens is 122 g/mol. The minimum absolute atomic E-state index is 1.33. The maximum Gasteiger partial charge on any atom is 0.197 e. The van der Waals surface area contributed by atoms with Crippen LogP contribution in [0.2, 0.25) is 6.82 Å². The van der Waals surface area contributed by atoms with Crippen molar-refractivity contribution in [2.24, 2.45) is 0 Å². The quantitative estimate of drug-likeness (QED) is 0.362. The highest BCUT2D eigenvalue weighted by Crippen LogP contribution is 1.89. The van der Waals surface area contributed by atoms with Crippen LogP contribution in [0.1, 0.15) is 0 Å². The normalized spacial score (nSPS) is 8.80. The molecule has 0 spiro atoms. The van der Waals surface area contributed by atoms with Gasteiger partial charge in [-0.05, 0) is 0 Å². The summed E-state index contributed by atoms with van der Waals surface area (Å²) in [4.78, 5) is 0. The van der Waals surface area contributed by atoms with E-state index in [1.165, 1.54) is 0 Å². The van der Waals surface area contributed by atoms with Gasteiger partial charge in [0.25, 0.3) is 0 Å². The largest absolute Gasteiger partial charge is 0.197 e. The van der Waals surface area contributed by atoms with Crippen molar-refractivity contribution in [3.63, 3.8) is 0 Å². The molecule has 0 fully saturated rings. The van der Waals surface area contributed by atoms with Crippen LogP contribution < -0.4 is 0 Å². The fourth-order valence-electron chi connectivity index (χ4n) is 0. The molecule has 0 aromatic carbocycles. The molecule has 1 radical (unpaired) electrons. The molecular formula is CH4BCl2Si. The Morgan fingerprint density at radius 3 is 1.80 bits per heavy atom. The van der Waals surface area contributed by atoms with Crippen molar-refractivity contribution in [3.05, 3.63) is 0 Å². The molecule has 0 rings (SSSR count).